The van der Waals surface area contributed by atoms with E-state index in [0.29, 0.717) is 13.0 Å². The minimum Gasteiger partial charge on any atom is -0.349 e. The number of amides is 1. The summed E-state index contributed by atoms with van der Waals surface area (Å²) in [5, 5.41) is 2.98. The van der Waals surface area contributed by atoms with E-state index in [1.54, 1.807) is 12.4 Å². The number of carbonyl (C=O) groups excluding carboxylic acids is 1. The zero-order valence-electron chi connectivity index (χ0n) is 11.5. The van der Waals surface area contributed by atoms with Gasteiger partial charge in [-0.05, 0) is 35.7 Å². The van der Waals surface area contributed by atoms with Crippen molar-refractivity contribution in [2.45, 2.75) is 25.9 Å². The molecular formula is C16H19N3O. The first kappa shape index (κ1) is 14.2. The Morgan fingerprint density at radius 1 is 1.15 bits per heavy atom. The molecule has 0 aliphatic rings. The molecule has 2 rings (SSSR count). The largest absolute Gasteiger partial charge is 0.349 e. The lowest BCUT2D eigenvalue weighted by Gasteiger charge is -2.14. The molecule has 4 heteroatoms. The summed E-state index contributed by atoms with van der Waals surface area (Å²) in [7, 11) is 0. The first-order valence-corrected chi connectivity index (χ1v) is 6.66. The van der Waals surface area contributed by atoms with Gasteiger partial charge >= 0.3 is 0 Å². The van der Waals surface area contributed by atoms with Crippen molar-refractivity contribution < 1.29 is 4.79 Å². The molecule has 1 amide bonds. The molecule has 0 saturated carbocycles. The van der Waals surface area contributed by atoms with Crippen LogP contribution in [0.15, 0.2) is 48.8 Å². The predicted molar refractivity (Wildman–Crippen MR) is 78.8 cm³/mol. The molecule has 0 radical (unpaired) electrons. The average molecular weight is 269 g/mol. The van der Waals surface area contributed by atoms with Gasteiger partial charge in [0.2, 0.25) is 5.91 Å². The third-order valence-corrected chi connectivity index (χ3v) is 3.21. The molecule has 0 fully saturated rings. The number of benzene rings is 1. The van der Waals surface area contributed by atoms with Crippen LogP contribution in [-0.2, 0) is 17.8 Å². The number of rotatable bonds is 5. The second-order valence-corrected chi connectivity index (χ2v) is 4.77. The van der Waals surface area contributed by atoms with Gasteiger partial charge in [-0.15, -0.1) is 0 Å². The number of hydrogen-bond donors (Lipinski definition) is 2. The SMILES string of the molecule is CC(NC(=O)Cc1ccc(CN)cc1)c1ccncc1. The molecule has 0 aliphatic heterocycles. The van der Waals surface area contributed by atoms with Crippen molar-refractivity contribution in [3.05, 3.63) is 65.5 Å². The fourth-order valence-corrected chi connectivity index (χ4v) is 2.01. The van der Waals surface area contributed by atoms with Crippen LogP contribution in [0.3, 0.4) is 0 Å². The predicted octanol–water partition coefficient (Wildman–Crippen LogP) is 1.96. The van der Waals surface area contributed by atoms with Gasteiger partial charge in [-0.25, -0.2) is 0 Å². The molecule has 1 aromatic heterocycles. The van der Waals surface area contributed by atoms with E-state index in [9.17, 15) is 4.79 Å². The maximum atomic E-state index is 12.0. The smallest absolute Gasteiger partial charge is 0.224 e. The van der Waals surface area contributed by atoms with Gasteiger partial charge in [0.05, 0.1) is 12.5 Å². The number of hydrogen-bond acceptors (Lipinski definition) is 3. The van der Waals surface area contributed by atoms with E-state index < -0.39 is 0 Å². The van der Waals surface area contributed by atoms with E-state index >= 15 is 0 Å². The lowest BCUT2D eigenvalue weighted by atomic mass is 10.1. The molecule has 2 aromatic rings. The molecule has 1 heterocycles. The zero-order chi connectivity index (χ0) is 14.4. The van der Waals surface area contributed by atoms with Gasteiger partial charge in [-0.3, -0.25) is 9.78 Å². The fourth-order valence-electron chi connectivity index (χ4n) is 2.01. The van der Waals surface area contributed by atoms with Crippen LogP contribution in [0, 0.1) is 0 Å². The minimum absolute atomic E-state index is 0.00908. The summed E-state index contributed by atoms with van der Waals surface area (Å²) in [5.41, 5.74) is 8.65. The van der Waals surface area contributed by atoms with Gasteiger partial charge in [0, 0.05) is 18.9 Å². The van der Waals surface area contributed by atoms with Gasteiger partial charge in [-0.1, -0.05) is 24.3 Å². The van der Waals surface area contributed by atoms with Gasteiger partial charge in [-0.2, -0.15) is 0 Å². The monoisotopic (exact) mass is 269 g/mol. The van der Waals surface area contributed by atoms with Crippen LogP contribution in [0.25, 0.3) is 0 Å². The maximum Gasteiger partial charge on any atom is 0.224 e. The molecule has 20 heavy (non-hydrogen) atoms. The first-order valence-electron chi connectivity index (χ1n) is 6.66. The van der Waals surface area contributed by atoms with Crippen molar-refractivity contribution in [1.29, 1.82) is 0 Å². The summed E-state index contributed by atoms with van der Waals surface area (Å²) in [6.07, 6.45) is 3.83. The Bertz CT molecular complexity index is 552. The van der Waals surface area contributed by atoms with Crippen molar-refractivity contribution in [1.82, 2.24) is 10.3 Å². The van der Waals surface area contributed by atoms with Gasteiger partial charge in [0.1, 0.15) is 0 Å². The minimum atomic E-state index is -0.0196. The Morgan fingerprint density at radius 3 is 2.35 bits per heavy atom. The van der Waals surface area contributed by atoms with Crippen molar-refractivity contribution in [3.8, 4) is 0 Å². The van der Waals surface area contributed by atoms with Crippen LogP contribution in [0.2, 0.25) is 0 Å². The number of pyridine rings is 1. The molecule has 4 nitrogen and oxygen atoms in total. The second-order valence-electron chi connectivity index (χ2n) is 4.77. The number of aromatic nitrogens is 1. The Kier molecular flexibility index (Phi) is 4.85. The number of carbonyl (C=O) groups is 1. The normalized spacial score (nSPS) is 11.9. The third-order valence-electron chi connectivity index (χ3n) is 3.21. The average Bonchev–Trinajstić information content (AvgIpc) is 2.49. The molecule has 1 unspecified atom stereocenters. The maximum absolute atomic E-state index is 12.0. The van der Waals surface area contributed by atoms with E-state index in [1.165, 1.54) is 0 Å². The van der Waals surface area contributed by atoms with Gasteiger partial charge in [0.15, 0.2) is 0 Å². The van der Waals surface area contributed by atoms with Crippen LogP contribution in [0.5, 0.6) is 0 Å². The quantitative estimate of drug-likeness (QED) is 0.872. The molecule has 0 aliphatic carbocycles. The molecule has 1 aromatic carbocycles. The van der Waals surface area contributed by atoms with E-state index in [2.05, 4.69) is 10.3 Å². The van der Waals surface area contributed by atoms with E-state index in [1.807, 2.05) is 43.3 Å². The summed E-state index contributed by atoms with van der Waals surface area (Å²) < 4.78 is 0. The Morgan fingerprint density at radius 2 is 1.75 bits per heavy atom. The molecule has 1 atom stereocenters. The van der Waals surface area contributed by atoms with Crippen molar-refractivity contribution in [3.63, 3.8) is 0 Å². The highest BCUT2D eigenvalue weighted by molar-refractivity contribution is 5.79. The van der Waals surface area contributed by atoms with Crippen molar-refractivity contribution in [2.75, 3.05) is 0 Å². The fraction of sp³-hybridized carbons (Fsp3) is 0.250. The lowest BCUT2D eigenvalue weighted by molar-refractivity contribution is -0.121. The Hall–Kier alpha value is -2.20. The lowest BCUT2D eigenvalue weighted by Crippen LogP contribution is -2.28. The second kappa shape index (κ2) is 6.82. The molecule has 0 bridgehead atoms. The molecular weight excluding hydrogens is 250 g/mol. The summed E-state index contributed by atoms with van der Waals surface area (Å²) in [6.45, 7) is 2.48. The highest BCUT2D eigenvalue weighted by Gasteiger charge is 2.09. The Labute approximate surface area is 119 Å². The first-order chi connectivity index (χ1) is 9.69. The molecule has 0 saturated heterocycles. The Balaban J connectivity index is 1.91. The van der Waals surface area contributed by atoms with Gasteiger partial charge in [0.25, 0.3) is 0 Å². The van der Waals surface area contributed by atoms with Crippen LogP contribution in [0.4, 0.5) is 0 Å². The van der Waals surface area contributed by atoms with E-state index in [0.717, 1.165) is 16.7 Å². The van der Waals surface area contributed by atoms with Crippen LogP contribution >= 0.6 is 0 Å². The molecule has 104 valence electrons. The molecule has 3 N–H and O–H groups in total. The van der Waals surface area contributed by atoms with E-state index in [-0.39, 0.29) is 11.9 Å². The number of nitrogens with one attached hydrogen (secondary N) is 1. The summed E-state index contributed by atoms with van der Waals surface area (Å²) >= 11 is 0. The van der Waals surface area contributed by atoms with Crippen LogP contribution in [0.1, 0.15) is 29.7 Å². The summed E-state index contributed by atoms with van der Waals surface area (Å²) in [5.74, 6) is 0.00908. The van der Waals surface area contributed by atoms with Crippen molar-refractivity contribution >= 4 is 5.91 Å². The van der Waals surface area contributed by atoms with Gasteiger partial charge < -0.3 is 11.1 Å². The zero-order valence-corrected chi connectivity index (χ0v) is 11.5. The van der Waals surface area contributed by atoms with Crippen LogP contribution < -0.4 is 11.1 Å². The number of nitrogens with zero attached hydrogens (tertiary/aromatic N) is 1. The molecule has 0 spiro atoms. The number of nitrogens with two attached hydrogens (primary N) is 1. The van der Waals surface area contributed by atoms with Crippen molar-refractivity contribution in [2.24, 2.45) is 5.73 Å². The summed E-state index contributed by atoms with van der Waals surface area (Å²) in [6, 6.07) is 11.6. The third kappa shape index (κ3) is 3.90. The summed E-state index contributed by atoms with van der Waals surface area (Å²) in [4.78, 5) is 16.0. The van der Waals surface area contributed by atoms with E-state index in [4.69, 9.17) is 5.73 Å². The topological polar surface area (TPSA) is 68.0 Å². The standard InChI is InChI=1S/C16H19N3O/c1-12(15-6-8-18-9-7-15)19-16(20)10-13-2-4-14(11-17)5-3-13/h2-9,12H,10-11,17H2,1H3,(H,19,20). The van der Waals surface area contributed by atoms with Crippen LogP contribution in [-0.4, -0.2) is 10.9 Å². The highest BCUT2D eigenvalue weighted by Crippen LogP contribution is 2.11. The highest BCUT2D eigenvalue weighted by atomic mass is 16.1.